The lowest BCUT2D eigenvalue weighted by atomic mass is 9.80. The van der Waals surface area contributed by atoms with E-state index in [0.717, 1.165) is 22.3 Å². The minimum absolute atomic E-state index is 0.0436. The van der Waals surface area contributed by atoms with Gasteiger partial charge in [0.15, 0.2) is 11.6 Å². The van der Waals surface area contributed by atoms with Crippen LogP contribution in [0.1, 0.15) is 51.8 Å². The third kappa shape index (κ3) is 8.26. The van der Waals surface area contributed by atoms with Gasteiger partial charge in [0.05, 0.1) is 20.3 Å². The van der Waals surface area contributed by atoms with E-state index in [4.69, 9.17) is 29.8 Å². The lowest BCUT2D eigenvalue weighted by molar-refractivity contribution is -0.129. The summed E-state index contributed by atoms with van der Waals surface area (Å²) in [5.41, 5.74) is 12.8. The molecule has 0 radical (unpaired) electrons. The zero-order chi connectivity index (χ0) is 36.2. The number of rotatable bonds is 16. The summed E-state index contributed by atoms with van der Waals surface area (Å²) in [6.45, 7) is 0.858. The van der Waals surface area contributed by atoms with Crippen molar-refractivity contribution in [3.63, 3.8) is 0 Å². The highest BCUT2D eigenvalue weighted by molar-refractivity contribution is 6.01. The standard InChI is InChI=1S/C42H41N5O5/c1-50-37-19-10-18-33(26-37)39-42(27-34-16-8-9-17-35(34)28-45-47-43,46-40(52-39)32-20-22-36(23-21-32)51-25-11-24-48)41(49)44-29-38(30-12-4-2-5-13-30)31-14-6-3-7-15-31/h2-10,12-23,26,38-39,48H,11,24-25,27-29H2,1H3,(H,44,49)/t39-,42-/m1/s1. The average Bonchev–Trinajstić information content (AvgIpc) is 3.59. The Morgan fingerprint density at radius 1 is 0.904 bits per heavy atom. The molecule has 264 valence electrons. The molecule has 0 spiro atoms. The number of aliphatic imine (C=N–C) groups is 1. The molecule has 0 aliphatic carbocycles. The Morgan fingerprint density at radius 2 is 1.58 bits per heavy atom. The summed E-state index contributed by atoms with van der Waals surface area (Å²) < 4.78 is 18.1. The van der Waals surface area contributed by atoms with Crippen molar-refractivity contribution in [2.45, 2.75) is 36.9 Å². The van der Waals surface area contributed by atoms with Crippen LogP contribution in [-0.2, 0) is 22.5 Å². The Bertz CT molecular complexity index is 1980. The van der Waals surface area contributed by atoms with E-state index in [2.05, 4.69) is 39.6 Å². The summed E-state index contributed by atoms with van der Waals surface area (Å²) in [4.78, 5) is 23.3. The van der Waals surface area contributed by atoms with E-state index in [9.17, 15) is 0 Å². The Balaban J connectivity index is 1.45. The largest absolute Gasteiger partial charge is 0.497 e. The molecule has 1 aliphatic heterocycles. The third-order valence-electron chi connectivity index (χ3n) is 9.18. The number of aliphatic hydroxyl groups is 1. The molecule has 0 bridgehead atoms. The van der Waals surface area contributed by atoms with Crippen LogP contribution >= 0.6 is 0 Å². The van der Waals surface area contributed by atoms with Crippen LogP contribution in [0.25, 0.3) is 10.4 Å². The van der Waals surface area contributed by atoms with Crippen molar-refractivity contribution in [3.05, 3.63) is 177 Å². The molecule has 0 unspecified atom stereocenters. The first-order valence-corrected chi connectivity index (χ1v) is 17.2. The normalized spacial score (nSPS) is 16.4. The van der Waals surface area contributed by atoms with Crippen LogP contribution in [0.5, 0.6) is 11.5 Å². The summed E-state index contributed by atoms with van der Waals surface area (Å²) in [7, 11) is 1.60. The van der Waals surface area contributed by atoms with Crippen molar-refractivity contribution in [1.82, 2.24) is 5.32 Å². The van der Waals surface area contributed by atoms with Gasteiger partial charge in [-0.2, -0.15) is 0 Å². The second-order valence-electron chi connectivity index (χ2n) is 12.5. The van der Waals surface area contributed by atoms with Crippen LogP contribution in [0, 0.1) is 0 Å². The number of aliphatic hydroxyl groups excluding tert-OH is 1. The van der Waals surface area contributed by atoms with Gasteiger partial charge < -0.3 is 24.6 Å². The van der Waals surface area contributed by atoms with Crippen molar-refractivity contribution >= 4 is 11.8 Å². The maximum Gasteiger partial charge on any atom is 0.252 e. The van der Waals surface area contributed by atoms with Crippen LogP contribution in [-0.4, -0.2) is 49.3 Å². The van der Waals surface area contributed by atoms with Gasteiger partial charge in [0, 0.05) is 42.4 Å². The van der Waals surface area contributed by atoms with Crippen molar-refractivity contribution < 1.29 is 24.1 Å². The molecule has 0 fully saturated rings. The van der Waals surface area contributed by atoms with E-state index < -0.39 is 11.6 Å². The second kappa shape index (κ2) is 17.2. The van der Waals surface area contributed by atoms with E-state index >= 15 is 4.79 Å². The fourth-order valence-corrected chi connectivity index (χ4v) is 6.52. The summed E-state index contributed by atoms with van der Waals surface area (Å²) in [6, 6.07) is 42.6. The van der Waals surface area contributed by atoms with Gasteiger partial charge in [-0.05, 0) is 69.7 Å². The number of benzene rings is 5. The summed E-state index contributed by atoms with van der Waals surface area (Å²) in [6.07, 6.45) is -0.170. The monoisotopic (exact) mass is 695 g/mol. The van der Waals surface area contributed by atoms with Crippen molar-refractivity contribution in [3.8, 4) is 11.5 Å². The fourth-order valence-electron chi connectivity index (χ4n) is 6.52. The zero-order valence-corrected chi connectivity index (χ0v) is 29.0. The Morgan fingerprint density at radius 3 is 2.23 bits per heavy atom. The first-order chi connectivity index (χ1) is 25.5. The Kier molecular flexibility index (Phi) is 11.8. The van der Waals surface area contributed by atoms with Gasteiger partial charge in [0.2, 0.25) is 5.90 Å². The molecule has 10 nitrogen and oxygen atoms in total. The number of hydrogen-bond donors (Lipinski definition) is 2. The highest BCUT2D eigenvalue weighted by Crippen LogP contribution is 2.44. The fraction of sp³-hybridized carbons (Fsp3) is 0.238. The number of nitrogens with zero attached hydrogens (tertiary/aromatic N) is 4. The number of carbonyl (C=O) groups is 1. The van der Waals surface area contributed by atoms with Gasteiger partial charge in [-0.15, -0.1) is 0 Å². The molecule has 0 aromatic heterocycles. The minimum atomic E-state index is -1.48. The first kappa shape index (κ1) is 35.7. The molecule has 1 amide bonds. The first-order valence-electron chi connectivity index (χ1n) is 17.2. The number of ether oxygens (including phenoxy) is 3. The maximum absolute atomic E-state index is 15.1. The predicted molar refractivity (Wildman–Crippen MR) is 200 cm³/mol. The molecule has 5 aromatic carbocycles. The van der Waals surface area contributed by atoms with Crippen LogP contribution < -0.4 is 14.8 Å². The minimum Gasteiger partial charge on any atom is -0.497 e. The summed E-state index contributed by atoms with van der Waals surface area (Å²) >= 11 is 0. The number of amides is 1. The molecule has 0 saturated heterocycles. The molecule has 1 aliphatic rings. The topological polar surface area (TPSA) is 138 Å². The molecule has 5 aromatic rings. The Hall–Kier alpha value is -6.09. The van der Waals surface area contributed by atoms with Gasteiger partial charge in [-0.25, -0.2) is 4.99 Å². The summed E-state index contributed by atoms with van der Waals surface area (Å²) in [5, 5.41) is 16.3. The lowest BCUT2D eigenvalue weighted by Gasteiger charge is -2.32. The predicted octanol–water partition coefficient (Wildman–Crippen LogP) is 7.71. The van der Waals surface area contributed by atoms with Crippen molar-refractivity contribution in [2.24, 2.45) is 10.1 Å². The van der Waals surface area contributed by atoms with Gasteiger partial charge in [0.25, 0.3) is 5.91 Å². The molecule has 0 saturated carbocycles. The molecule has 2 N–H and O–H groups in total. The smallest absolute Gasteiger partial charge is 0.252 e. The van der Waals surface area contributed by atoms with Crippen LogP contribution in [0.3, 0.4) is 0 Å². The molecule has 2 atom stereocenters. The lowest BCUT2D eigenvalue weighted by Crippen LogP contribution is -2.51. The molecule has 6 rings (SSSR count). The molecule has 1 heterocycles. The van der Waals surface area contributed by atoms with Crippen LogP contribution in [0.4, 0.5) is 0 Å². The van der Waals surface area contributed by atoms with E-state index in [-0.39, 0.29) is 31.4 Å². The highest BCUT2D eigenvalue weighted by Gasteiger charge is 2.53. The Labute approximate surface area is 303 Å². The van der Waals surface area contributed by atoms with E-state index in [1.165, 1.54) is 0 Å². The molecular weight excluding hydrogens is 654 g/mol. The highest BCUT2D eigenvalue weighted by atomic mass is 16.5. The number of carbonyl (C=O) groups excluding carboxylic acids is 1. The van der Waals surface area contributed by atoms with Gasteiger partial charge >= 0.3 is 0 Å². The van der Waals surface area contributed by atoms with E-state index in [1.54, 1.807) is 7.11 Å². The zero-order valence-electron chi connectivity index (χ0n) is 29.0. The van der Waals surface area contributed by atoms with Crippen molar-refractivity contribution in [2.75, 3.05) is 26.9 Å². The quantitative estimate of drug-likeness (QED) is 0.0471. The van der Waals surface area contributed by atoms with Gasteiger partial charge in [0.1, 0.15) is 11.5 Å². The van der Waals surface area contributed by atoms with Gasteiger partial charge in [-0.1, -0.05) is 102 Å². The number of nitrogens with one attached hydrogen (secondary N) is 1. The molecule has 52 heavy (non-hydrogen) atoms. The maximum atomic E-state index is 15.1. The van der Waals surface area contributed by atoms with E-state index in [1.807, 2.05) is 109 Å². The third-order valence-corrected chi connectivity index (χ3v) is 9.18. The van der Waals surface area contributed by atoms with E-state index in [0.29, 0.717) is 48.1 Å². The average molecular weight is 696 g/mol. The number of azide groups is 1. The second-order valence-corrected chi connectivity index (χ2v) is 12.5. The van der Waals surface area contributed by atoms with Crippen molar-refractivity contribution in [1.29, 1.82) is 0 Å². The van der Waals surface area contributed by atoms with Crippen LogP contribution in [0.2, 0.25) is 0 Å². The summed E-state index contributed by atoms with van der Waals surface area (Å²) in [5.74, 6) is 1.13. The number of hydrogen-bond acceptors (Lipinski definition) is 7. The SMILES string of the molecule is COc1cccc([C@H]2OC(c3ccc(OCCCO)cc3)=N[C@@]2(Cc2ccccc2CN=[N+]=[N-])C(=O)NCC(c2ccccc2)c2ccccc2)c1. The van der Waals surface area contributed by atoms with Crippen LogP contribution in [0.15, 0.2) is 144 Å². The molecule has 10 heteroatoms. The molecular formula is C42H41N5O5. The van der Waals surface area contributed by atoms with Gasteiger partial charge in [-0.3, -0.25) is 4.79 Å². The number of methoxy groups -OCH3 is 1.